The van der Waals surface area contributed by atoms with E-state index in [0.29, 0.717) is 25.3 Å². The van der Waals surface area contributed by atoms with Crippen LogP contribution >= 0.6 is 22.7 Å². The van der Waals surface area contributed by atoms with Crippen LogP contribution in [0.25, 0.3) is 0 Å². The van der Waals surface area contributed by atoms with Gasteiger partial charge in [0, 0.05) is 30.6 Å². The number of carbonyl (C=O) groups is 3. The van der Waals surface area contributed by atoms with E-state index in [1.54, 1.807) is 30.1 Å². The molecule has 2 heterocycles. The Hall–Kier alpha value is -4.33. The van der Waals surface area contributed by atoms with Gasteiger partial charge in [-0.15, -0.1) is 22.7 Å². The summed E-state index contributed by atoms with van der Waals surface area (Å²) in [5.74, 6) is -0.277. The first-order valence-corrected chi connectivity index (χ1v) is 18.6. The van der Waals surface area contributed by atoms with E-state index >= 15 is 0 Å². The highest BCUT2D eigenvalue weighted by Crippen LogP contribution is 2.20. The number of urea groups is 1. The summed E-state index contributed by atoms with van der Waals surface area (Å²) in [6, 6.07) is 16.8. The Morgan fingerprint density at radius 1 is 0.900 bits per heavy atom. The van der Waals surface area contributed by atoms with Crippen molar-refractivity contribution in [1.29, 1.82) is 0 Å². The normalized spacial score (nSPS) is 13.7. The second-order valence-corrected chi connectivity index (χ2v) is 14.9. The van der Waals surface area contributed by atoms with Crippen LogP contribution in [-0.2, 0) is 35.5 Å². The third-order valence-corrected chi connectivity index (χ3v) is 10.1. The van der Waals surface area contributed by atoms with E-state index in [9.17, 15) is 19.5 Å². The molecule has 2 aromatic carbocycles. The standard InChI is InChI=1S/C37H48N6O5S2/c1-24(2)33(42-36(46)43(5)20-29-22-49-35(40-29)25(3)4)34(45)39-28(16-26-12-8-6-9-13-26)18-32(44)31(17-27-14-10-7-11-15-27)41-37(47)48-21-30-19-38-23-50-30/h6-15,19,22-25,28,31-33,44H,16-18,20-21H2,1-5H3,(H,39,45)(H,41,47)(H,42,46)/t28-,31-,32?,33?/m0/s1. The van der Waals surface area contributed by atoms with Crippen LogP contribution in [0.5, 0.6) is 0 Å². The monoisotopic (exact) mass is 720 g/mol. The number of aliphatic hydroxyl groups is 1. The molecule has 4 rings (SSSR count). The average Bonchev–Trinajstić information content (AvgIpc) is 3.79. The molecule has 4 aromatic rings. The molecule has 0 saturated carbocycles. The maximum absolute atomic E-state index is 13.9. The van der Waals surface area contributed by atoms with Crippen molar-refractivity contribution in [1.82, 2.24) is 30.8 Å². The van der Waals surface area contributed by atoms with Crippen molar-refractivity contribution in [2.24, 2.45) is 5.92 Å². The first kappa shape index (κ1) is 38.5. The fourth-order valence-electron chi connectivity index (χ4n) is 5.39. The van der Waals surface area contributed by atoms with Crippen molar-refractivity contribution in [3.63, 3.8) is 0 Å². The van der Waals surface area contributed by atoms with E-state index in [4.69, 9.17) is 4.74 Å². The molecule has 4 atom stereocenters. The summed E-state index contributed by atoms with van der Waals surface area (Å²) in [5.41, 5.74) is 4.35. The lowest BCUT2D eigenvalue weighted by Crippen LogP contribution is -2.55. The molecule has 0 bridgehead atoms. The van der Waals surface area contributed by atoms with Gasteiger partial charge in [-0.05, 0) is 36.3 Å². The van der Waals surface area contributed by atoms with Crippen molar-refractivity contribution in [2.75, 3.05) is 7.05 Å². The van der Waals surface area contributed by atoms with E-state index in [-0.39, 0.29) is 30.9 Å². The molecule has 2 unspecified atom stereocenters. The topological polar surface area (TPSA) is 146 Å². The Morgan fingerprint density at radius 2 is 1.56 bits per heavy atom. The van der Waals surface area contributed by atoms with Crippen LogP contribution in [0.3, 0.4) is 0 Å². The smallest absolute Gasteiger partial charge is 0.407 e. The molecule has 0 aliphatic carbocycles. The molecule has 50 heavy (non-hydrogen) atoms. The number of thiazole rings is 2. The lowest BCUT2D eigenvalue weighted by Gasteiger charge is -2.30. The quantitative estimate of drug-likeness (QED) is 0.106. The van der Waals surface area contributed by atoms with Crippen LogP contribution in [0.2, 0.25) is 0 Å². The second kappa shape index (κ2) is 19.2. The zero-order chi connectivity index (χ0) is 36.0. The number of nitrogens with zero attached hydrogens (tertiary/aromatic N) is 3. The fourth-order valence-corrected chi connectivity index (χ4v) is 6.72. The van der Waals surface area contributed by atoms with Gasteiger partial charge in [-0.1, -0.05) is 88.4 Å². The van der Waals surface area contributed by atoms with Crippen molar-refractivity contribution in [3.05, 3.63) is 104 Å². The molecule has 0 spiro atoms. The Balaban J connectivity index is 1.46. The number of hydrogen-bond acceptors (Lipinski definition) is 9. The Labute approximate surface area is 302 Å². The van der Waals surface area contributed by atoms with E-state index in [2.05, 4.69) is 39.8 Å². The number of rotatable bonds is 17. The minimum Gasteiger partial charge on any atom is -0.444 e. The number of aliphatic hydroxyl groups excluding tert-OH is 1. The van der Waals surface area contributed by atoms with Gasteiger partial charge in [0.25, 0.3) is 0 Å². The van der Waals surface area contributed by atoms with Crippen LogP contribution in [0.4, 0.5) is 9.59 Å². The summed E-state index contributed by atoms with van der Waals surface area (Å²) in [4.78, 5) is 51.0. The van der Waals surface area contributed by atoms with Crippen LogP contribution in [0, 0.1) is 5.92 Å². The van der Waals surface area contributed by atoms with E-state index in [1.807, 2.05) is 79.9 Å². The minimum atomic E-state index is -1.05. The van der Waals surface area contributed by atoms with E-state index < -0.39 is 30.3 Å². The molecule has 268 valence electrons. The number of aromatic nitrogens is 2. The van der Waals surface area contributed by atoms with Gasteiger partial charge < -0.3 is 30.7 Å². The van der Waals surface area contributed by atoms with Gasteiger partial charge in [-0.25, -0.2) is 14.6 Å². The third kappa shape index (κ3) is 12.2. The lowest BCUT2D eigenvalue weighted by molar-refractivity contribution is -0.124. The second-order valence-electron chi connectivity index (χ2n) is 13.0. The number of nitrogens with one attached hydrogen (secondary N) is 3. The molecule has 0 aliphatic heterocycles. The molecule has 0 radical (unpaired) electrons. The van der Waals surface area contributed by atoms with Gasteiger partial charge in [0.1, 0.15) is 12.6 Å². The van der Waals surface area contributed by atoms with Crippen LogP contribution in [-0.4, -0.2) is 69.3 Å². The highest BCUT2D eigenvalue weighted by Gasteiger charge is 2.31. The zero-order valence-corrected chi connectivity index (χ0v) is 30.9. The van der Waals surface area contributed by atoms with Crippen LogP contribution < -0.4 is 16.0 Å². The highest BCUT2D eigenvalue weighted by molar-refractivity contribution is 7.09. The molecule has 0 aliphatic rings. The van der Waals surface area contributed by atoms with E-state index in [0.717, 1.165) is 26.7 Å². The zero-order valence-electron chi connectivity index (χ0n) is 29.2. The molecule has 2 aromatic heterocycles. The summed E-state index contributed by atoms with van der Waals surface area (Å²) in [6.45, 7) is 8.28. The van der Waals surface area contributed by atoms with Crippen molar-refractivity contribution in [2.45, 2.75) is 90.3 Å². The molecule has 11 nitrogen and oxygen atoms in total. The van der Waals surface area contributed by atoms with Gasteiger partial charge in [-0.3, -0.25) is 9.78 Å². The number of benzene rings is 2. The number of alkyl carbamates (subject to hydrolysis) is 1. The van der Waals surface area contributed by atoms with Gasteiger partial charge in [0.2, 0.25) is 5.91 Å². The number of carbonyl (C=O) groups excluding carboxylic acids is 3. The Kier molecular flexibility index (Phi) is 14.7. The summed E-state index contributed by atoms with van der Waals surface area (Å²) < 4.78 is 5.42. The Bertz CT molecular complexity index is 1620. The fraction of sp³-hybridized carbons (Fsp3) is 0.432. The van der Waals surface area contributed by atoms with Gasteiger partial charge in [0.05, 0.1) is 39.8 Å². The Morgan fingerprint density at radius 3 is 2.14 bits per heavy atom. The third-order valence-electron chi connectivity index (χ3n) is 8.13. The SMILES string of the molecule is CC(C)c1nc(CN(C)C(=O)NC(C(=O)N[C@@H](Cc2ccccc2)CC(O)[C@H](Cc2ccccc2)NC(=O)OCc2cncs2)C(C)C)cs1. The maximum atomic E-state index is 13.9. The molecule has 0 fully saturated rings. The van der Waals surface area contributed by atoms with Crippen molar-refractivity contribution >= 4 is 40.7 Å². The molecular weight excluding hydrogens is 673 g/mol. The van der Waals surface area contributed by atoms with Crippen molar-refractivity contribution in [3.8, 4) is 0 Å². The summed E-state index contributed by atoms with van der Waals surface area (Å²) in [5, 5.41) is 23.5. The summed E-state index contributed by atoms with van der Waals surface area (Å²) >= 11 is 2.95. The number of amides is 4. The van der Waals surface area contributed by atoms with Gasteiger partial charge >= 0.3 is 12.1 Å². The predicted molar refractivity (Wildman–Crippen MR) is 197 cm³/mol. The first-order valence-electron chi connectivity index (χ1n) is 16.8. The van der Waals surface area contributed by atoms with Crippen LogP contribution in [0.1, 0.15) is 66.7 Å². The average molecular weight is 721 g/mol. The molecule has 4 N–H and O–H groups in total. The molecule has 0 saturated heterocycles. The van der Waals surface area contributed by atoms with Gasteiger partial charge in [0.15, 0.2) is 0 Å². The number of hydrogen-bond donors (Lipinski definition) is 4. The predicted octanol–water partition coefficient (Wildman–Crippen LogP) is 5.91. The van der Waals surface area contributed by atoms with Crippen molar-refractivity contribution < 1.29 is 24.2 Å². The molecular formula is C37H48N6O5S2. The highest BCUT2D eigenvalue weighted by atomic mass is 32.1. The van der Waals surface area contributed by atoms with E-state index in [1.165, 1.54) is 16.2 Å². The minimum absolute atomic E-state index is 0.0671. The summed E-state index contributed by atoms with van der Waals surface area (Å²) in [6.07, 6.45) is 0.836. The van der Waals surface area contributed by atoms with Gasteiger partial charge in [-0.2, -0.15) is 0 Å². The summed E-state index contributed by atoms with van der Waals surface area (Å²) in [7, 11) is 1.68. The van der Waals surface area contributed by atoms with Crippen LogP contribution in [0.15, 0.2) is 77.8 Å². The molecule has 13 heteroatoms. The maximum Gasteiger partial charge on any atom is 0.407 e. The molecule has 4 amide bonds. The number of ether oxygens (including phenoxy) is 1. The lowest BCUT2D eigenvalue weighted by atomic mass is 9.93. The first-order chi connectivity index (χ1) is 24.0. The largest absolute Gasteiger partial charge is 0.444 e.